The zero-order chi connectivity index (χ0) is 20.6. The van der Waals surface area contributed by atoms with Gasteiger partial charge < -0.3 is 24.8 Å². The highest BCUT2D eigenvalue weighted by atomic mass is 35.5. The molecule has 0 bridgehead atoms. The predicted octanol–water partition coefficient (Wildman–Crippen LogP) is 4.40. The molecule has 154 valence electrons. The van der Waals surface area contributed by atoms with Gasteiger partial charge in [-0.15, -0.1) is 0 Å². The van der Waals surface area contributed by atoms with E-state index in [4.69, 9.17) is 31.5 Å². The maximum Gasteiger partial charge on any atom is 0.405 e. The van der Waals surface area contributed by atoms with Gasteiger partial charge in [-0.1, -0.05) is 43.6 Å². The number of halogens is 1. The molecule has 7 heteroatoms. The Balaban J connectivity index is 1.64. The van der Waals surface area contributed by atoms with Crippen molar-refractivity contribution in [3.8, 4) is 16.9 Å². The van der Waals surface area contributed by atoms with Gasteiger partial charge in [-0.05, 0) is 29.3 Å². The summed E-state index contributed by atoms with van der Waals surface area (Å²) in [5, 5.41) is 0.708. The number of hydrogen-bond donors (Lipinski definition) is 1. The quantitative estimate of drug-likeness (QED) is 0.802. The van der Waals surface area contributed by atoms with Gasteiger partial charge in [-0.3, -0.25) is 0 Å². The summed E-state index contributed by atoms with van der Waals surface area (Å²) in [5.74, 6) is 0.696. The Morgan fingerprint density at radius 2 is 1.86 bits per heavy atom. The molecular weight excluding hydrogens is 392 g/mol. The smallest absolute Gasteiger partial charge is 0.405 e. The van der Waals surface area contributed by atoms with Gasteiger partial charge in [-0.2, -0.15) is 0 Å². The first-order valence-corrected chi connectivity index (χ1v) is 10.1. The van der Waals surface area contributed by atoms with Crippen LogP contribution in [0.2, 0.25) is 5.02 Å². The van der Waals surface area contributed by atoms with E-state index in [0.717, 1.165) is 35.5 Å². The summed E-state index contributed by atoms with van der Waals surface area (Å²) in [5.41, 5.74) is 8.73. The van der Waals surface area contributed by atoms with E-state index in [0.29, 0.717) is 30.6 Å². The molecule has 0 aromatic heterocycles. The SMILES string of the molecule is CC1(C)COc2cc(-c3ccc(N4CCOCC4)c(Cl)c3)ccc2C1OC(N)=O. The number of ether oxygens (including phenoxy) is 3. The summed E-state index contributed by atoms with van der Waals surface area (Å²) in [7, 11) is 0. The molecule has 2 aliphatic heterocycles. The molecule has 2 aliphatic rings. The van der Waals surface area contributed by atoms with E-state index in [1.54, 1.807) is 0 Å². The van der Waals surface area contributed by atoms with E-state index >= 15 is 0 Å². The second kappa shape index (κ2) is 7.76. The highest BCUT2D eigenvalue weighted by Gasteiger charge is 2.40. The van der Waals surface area contributed by atoms with Crippen LogP contribution in [0.4, 0.5) is 10.5 Å². The Labute approximate surface area is 175 Å². The van der Waals surface area contributed by atoms with E-state index in [1.807, 2.05) is 44.2 Å². The molecule has 0 spiro atoms. The van der Waals surface area contributed by atoms with Crippen LogP contribution in [0.5, 0.6) is 5.75 Å². The number of rotatable bonds is 3. The van der Waals surface area contributed by atoms with Gasteiger partial charge in [0.1, 0.15) is 11.9 Å². The Bertz CT molecular complexity index is 925. The van der Waals surface area contributed by atoms with Gasteiger partial charge in [0.25, 0.3) is 0 Å². The lowest BCUT2D eigenvalue weighted by Crippen LogP contribution is -2.37. The number of fused-ring (bicyclic) bond motifs is 1. The Kier molecular flexibility index (Phi) is 5.32. The van der Waals surface area contributed by atoms with Crippen LogP contribution in [0.15, 0.2) is 36.4 Å². The second-order valence-electron chi connectivity index (χ2n) is 8.11. The van der Waals surface area contributed by atoms with Gasteiger partial charge in [0, 0.05) is 24.1 Å². The highest BCUT2D eigenvalue weighted by molar-refractivity contribution is 6.33. The lowest BCUT2D eigenvalue weighted by molar-refractivity contribution is -0.0176. The van der Waals surface area contributed by atoms with E-state index < -0.39 is 12.2 Å². The van der Waals surface area contributed by atoms with Crippen molar-refractivity contribution in [1.29, 1.82) is 0 Å². The summed E-state index contributed by atoms with van der Waals surface area (Å²) in [6, 6.07) is 12.0. The van der Waals surface area contributed by atoms with Crippen LogP contribution in [-0.4, -0.2) is 39.0 Å². The zero-order valence-electron chi connectivity index (χ0n) is 16.6. The van der Waals surface area contributed by atoms with Gasteiger partial charge in [-0.25, -0.2) is 4.79 Å². The molecular formula is C22H25ClN2O4. The number of amides is 1. The number of morpholine rings is 1. The Morgan fingerprint density at radius 3 is 2.55 bits per heavy atom. The zero-order valence-corrected chi connectivity index (χ0v) is 17.4. The molecule has 1 fully saturated rings. The summed E-state index contributed by atoms with van der Waals surface area (Å²) in [6.07, 6.45) is -1.24. The lowest BCUT2D eigenvalue weighted by atomic mass is 9.80. The van der Waals surface area contributed by atoms with Crippen LogP contribution in [0.3, 0.4) is 0 Å². The highest BCUT2D eigenvalue weighted by Crippen LogP contribution is 2.46. The minimum Gasteiger partial charge on any atom is -0.492 e. The Morgan fingerprint density at radius 1 is 1.17 bits per heavy atom. The predicted molar refractivity (Wildman–Crippen MR) is 113 cm³/mol. The monoisotopic (exact) mass is 416 g/mol. The third-order valence-corrected chi connectivity index (χ3v) is 5.78. The van der Waals surface area contributed by atoms with Crippen molar-refractivity contribution in [2.45, 2.75) is 20.0 Å². The molecule has 1 amide bonds. The van der Waals surface area contributed by atoms with Gasteiger partial charge >= 0.3 is 6.09 Å². The molecule has 0 radical (unpaired) electrons. The topological polar surface area (TPSA) is 74.0 Å². The number of benzene rings is 2. The summed E-state index contributed by atoms with van der Waals surface area (Å²) < 4.78 is 16.8. The molecule has 4 rings (SSSR count). The van der Waals surface area contributed by atoms with Gasteiger partial charge in [0.05, 0.1) is 30.5 Å². The van der Waals surface area contributed by atoms with Gasteiger partial charge in [0.15, 0.2) is 0 Å². The third kappa shape index (κ3) is 4.00. The minimum atomic E-state index is -0.787. The van der Waals surface area contributed by atoms with Crippen LogP contribution >= 0.6 is 11.6 Å². The maximum atomic E-state index is 11.4. The lowest BCUT2D eigenvalue weighted by Gasteiger charge is -2.38. The molecule has 2 heterocycles. The van der Waals surface area contributed by atoms with Crippen LogP contribution in [-0.2, 0) is 9.47 Å². The molecule has 29 heavy (non-hydrogen) atoms. The number of anilines is 1. The fourth-order valence-electron chi connectivity index (χ4n) is 3.90. The summed E-state index contributed by atoms with van der Waals surface area (Å²) in [6.45, 7) is 7.50. The fraction of sp³-hybridized carbons (Fsp3) is 0.409. The van der Waals surface area contributed by atoms with Crippen LogP contribution in [0, 0.1) is 5.41 Å². The first kappa shape index (κ1) is 19.9. The first-order valence-electron chi connectivity index (χ1n) is 9.70. The van der Waals surface area contributed by atoms with E-state index in [9.17, 15) is 4.79 Å². The average Bonchev–Trinajstić information content (AvgIpc) is 2.70. The largest absolute Gasteiger partial charge is 0.492 e. The van der Waals surface area contributed by atoms with Gasteiger partial charge in [0.2, 0.25) is 0 Å². The average molecular weight is 417 g/mol. The summed E-state index contributed by atoms with van der Waals surface area (Å²) >= 11 is 6.59. The van der Waals surface area contributed by atoms with Crippen LogP contribution in [0.25, 0.3) is 11.1 Å². The molecule has 1 saturated heterocycles. The Hall–Kier alpha value is -2.44. The molecule has 0 saturated carbocycles. The normalized spacial score (nSPS) is 20.5. The molecule has 0 aliphatic carbocycles. The number of nitrogens with zero attached hydrogens (tertiary/aromatic N) is 1. The number of carbonyl (C=O) groups is 1. The molecule has 1 atom stereocenters. The van der Waals surface area contributed by atoms with Crippen molar-refractivity contribution in [2.24, 2.45) is 11.1 Å². The van der Waals surface area contributed by atoms with Crippen molar-refractivity contribution < 1.29 is 19.0 Å². The number of nitrogens with two attached hydrogens (primary N) is 1. The molecule has 2 aromatic carbocycles. The van der Waals surface area contributed by atoms with Crippen molar-refractivity contribution in [3.05, 3.63) is 47.0 Å². The van der Waals surface area contributed by atoms with Crippen molar-refractivity contribution in [2.75, 3.05) is 37.8 Å². The second-order valence-corrected chi connectivity index (χ2v) is 8.52. The molecule has 2 aromatic rings. The van der Waals surface area contributed by atoms with Crippen molar-refractivity contribution in [1.82, 2.24) is 0 Å². The molecule has 2 N–H and O–H groups in total. The van der Waals surface area contributed by atoms with Crippen molar-refractivity contribution in [3.63, 3.8) is 0 Å². The van der Waals surface area contributed by atoms with Crippen LogP contribution in [0.1, 0.15) is 25.5 Å². The van der Waals surface area contributed by atoms with Crippen molar-refractivity contribution >= 4 is 23.4 Å². The summed E-state index contributed by atoms with van der Waals surface area (Å²) in [4.78, 5) is 13.6. The molecule has 6 nitrogen and oxygen atoms in total. The van der Waals surface area contributed by atoms with E-state index in [2.05, 4.69) is 11.0 Å². The molecule has 1 unspecified atom stereocenters. The number of primary amides is 1. The third-order valence-electron chi connectivity index (χ3n) is 5.47. The maximum absolute atomic E-state index is 11.4. The minimum absolute atomic E-state index is 0.368. The fourth-order valence-corrected chi connectivity index (χ4v) is 4.20. The first-order chi connectivity index (χ1) is 13.8. The number of carbonyl (C=O) groups excluding carboxylic acids is 1. The number of hydrogen-bond acceptors (Lipinski definition) is 5. The van der Waals surface area contributed by atoms with Crippen LogP contribution < -0.4 is 15.4 Å². The van der Waals surface area contributed by atoms with E-state index in [-0.39, 0.29) is 5.41 Å². The standard InChI is InChI=1S/C22H25ClN2O4/c1-22(2)13-28-19-12-15(3-5-16(19)20(22)29-21(24)26)14-4-6-18(17(23)11-14)25-7-9-27-10-8-25/h3-6,11-12,20H,7-10,13H2,1-2H3,(H2,24,26). The van der Waals surface area contributed by atoms with E-state index in [1.165, 1.54) is 0 Å².